The van der Waals surface area contributed by atoms with Crippen LogP contribution < -0.4 is 0 Å². The molecule has 1 aliphatic heterocycles. The van der Waals surface area contributed by atoms with E-state index in [1.54, 1.807) is 0 Å². The van der Waals surface area contributed by atoms with E-state index in [4.69, 9.17) is 4.74 Å². The Bertz CT molecular complexity index is 327. The molecule has 12 heavy (non-hydrogen) atoms. The SMILES string of the molecule is C=C1CN=C(c2ccccc2)O1. The number of hydrogen-bond acceptors (Lipinski definition) is 2. The predicted octanol–water partition coefficient (Wildman–Crippen LogP) is 1.98. The van der Waals surface area contributed by atoms with E-state index in [0.717, 1.165) is 5.56 Å². The lowest BCUT2D eigenvalue weighted by Crippen LogP contribution is -1.98. The highest BCUT2D eigenvalue weighted by Gasteiger charge is 2.12. The lowest BCUT2D eigenvalue weighted by Gasteiger charge is -1.99. The quantitative estimate of drug-likeness (QED) is 0.614. The van der Waals surface area contributed by atoms with Gasteiger partial charge in [0.2, 0.25) is 5.90 Å². The van der Waals surface area contributed by atoms with Crippen molar-refractivity contribution in [1.82, 2.24) is 0 Å². The van der Waals surface area contributed by atoms with Crippen LogP contribution in [-0.2, 0) is 4.74 Å². The zero-order valence-electron chi connectivity index (χ0n) is 6.66. The largest absolute Gasteiger partial charge is 0.442 e. The number of benzene rings is 1. The normalized spacial score (nSPS) is 15.7. The van der Waals surface area contributed by atoms with Crippen molar-refractivity contribution in [2.45, 2.75) is 0 Å². The summed E-state index contributed by atoms with van der Waals surface area (Å²) in [5.41, 5.74) is 1.01. The van der Waals surface area contributed by atoms with Crippen LogP contribution in [0.4, 0.5) is 0 Å². The van der Waals surface area contributed by atoms with Gasteiger partial charge in [0.1, 0.15) is 12.3 Å². The van der Waals surface area contributed by atoms with E-state index < -0.39 is 0 Å². The van der Waals surface area contributed by atoms with Crippen molar-refractivity contribution in [3.63, 3.8) is 0 Å². The smallest absolute Gasteiger partial charge is 0.221 e. The van der Waals surface area contributed by atoms with Gasteiger partial charge in [0, 0.05) is 5.56 Å². The first-order chi connectivity index (χ1) is 5.86. The molecule has 0 fully saturated rings. The Morgan fingerprint density at radius 2 is 2.00 bits per heavy atom. The molecule has 1 heterocycles. The van der Waals surface area contributed by atoms with Gasteiger partial charge in [-0.1, -0.05) is 24.8 Å². The molecule has 0 saturated carbocycles. The molecule has 1 aromatic rings. The number of aliphatic imine (C=N–C) groups is 1. The Balaban J connectivity index is 2.28. The van der Waals surface area contributed by atoms with Crippen LogP contribution in [0.3, 0.4) is 0 Å². The molecule has 60 valence electrons. The molecule has 0 amide bonds. The number of nitrogens with zero attached hydrogens (tertiary/aromatic N) is 1. The fourth-order valence-electron chi connectivity index (χ4n) is 1.09. The third-order valence-corrected chi connectivity index (χ3v) is 1.66. The van der Waals surface area contributed by atoms with Gasteiger partial charge in [0.25, 0.3) is 0 Å². The van der Waals surface area contributed by atoms with Crippen molar-refractivity contribution in [3.05, 3.63) is 48.2 Å². The van der Waals surface area contributed by atoms with Crippen LogP contribution in [-0.4, -0.2) is 12.4 Å². The second kappa shape index (κ2) is 2.81. The minimum atomic E-state index is 0.588. The van der Waals surface area contributed by atoms with Gasteiger partial charge in [-0.25, -0.2) is 4.99 Å². The molecular formula is C10H9NO. The summed E-state index contributed by atoms with van der Waals surface area (Å²) >= 11 is 0. The van der Waals surface area contributed by atoms with Crippen LogP contribution >= 0.6 is 0 Å². The average molecular weight is 159 g/mol. The molecule has 0 spiro atoms. The minimum Gasteiger partial charge on any atom is -0.442 e. The Morgan fingerprint density at radius 3 is 2.58 bits per heavy atom. The molecule has 0 radical (unpaired) electrons. The van der Waals surface area contributed by atoms with Gasteiger partial charge in [0.15, 0.2) is 0 Å². The van der Waals surface area contributed by atoms with Crippen LogP contribution in [0, 0.1) is 0 Å². The maximum atomic E-state index is 5.30. The highest BCUT2D eigenvalue weighted by molar-refractivity contribution is 5.95. The number of hydrogen-bond donors (Lipinski definition) is 0. The predicted molar refractivity (Wildman–Crippen MR) is 48.1 cm³/mol. The van der Waals surface area contributed by atoms with Gasteiger partial charge in [0.05, 0.1) is 0 Å². The molecule has 2 heteroatoms. The fourth-order valence-corrected chi connectivity index (χ4v) is 1.09. The van der Waals surface area contributed by atoms with Gasteiger partial charge in [-0.3, -0.25) is 0 Å². The molecule has 2 nitrogen and oxygen atoms in total. The van der Waals surface area contributed by atoms with Crippen LogP contribution in [0.25, 0.3) is 0 Å². The molecule has 0 aromatic heterocycles. The molecule has 0 atom stereocenters. The van der Waals surface area contributed by atoms with Crippen molar-refractivity contribution in [2.24, 2.45) is 4.99 Å². The van der Waals surface area contributed by atoms with Crippen molar-refractivity contribution >= 4 is 5.90 Å². The second-order valence-electron chi connectivity index (χ2n) is 2.63. The lowest BCUT2D eigenvalue weighted by atomic mass is 10.2. The first-order valence-corrected chi connectivity index (χ1v) is 3.82. The zero-order chi connectivity index (χ0) is 8.39. The van der Waals surface area contributed by atoms with E-state index in [-0.39, 0.29) is 0 Å². The van der Waals surface area contributed by atoms with Crippen molar-refractivity contribution in [2.75, 3.05) is 6.54 Å². The van der Waals surface area contributed by atoms with E-state index in [1.165, 1.54) is 0 Å². The van der Waals surface area contributed by atoms with E-state index in [0.29, 0.717) is 18.2 Å². The Kier molecular flexibility index (Phi) is 1.67. The summed E-state index contributed by atoms with van der Waals surface area (Å²) in [4.78, 5) is 4.18. The maximum Gasteiger partial charge on any atom is 0.221 e. The molecule has 2 rings (SSSR count). The summed E-state index contributed by atoms with van der Waals surface area (Å²) in [7, 11) is 0. The van der Waals surface area contributed by atoms with Gasteiger partial charge >= 0.3 is 0 Å². The van der Waals surface area contributed by atoms with E-state index in [2.05, 4.69) is 11.6 Å². The molecule has 1 aromatic carbocycles. The highest BCUT2D eigenvalue weighted by Crippen LogP contribution is 2.12. The summed E-state index contributed by atoms with van der Waals surface area (Å²) in [6, 6.07) is 9.83. The van der Waals surface area contributed by atoms with Gasteiger partial charge in [-0.15, -0.1) is 0 Å². The number of rotatable bonds is 1. The lowest BCUT2D eigenvalue weighted by molar-refractivity contribution is 0.442. The minimum absolute atomic E-state index is 0.588. The van der Waals surface area contributed by atoms with Gasteiger partial charge in [-0.05, 0) is 12.1 Å². The van der Waals surface area contributed by atoms with Crippen molar-refractivity contribution in [1.29, 1.82) is 0 Å². The van der Waals surface area contributed by atoms with Crippen molar-refractivity contribution < 1.29 is 4.74 Å². The standard InChI is InChI=1S/C10H9NO/c1-8-7-11-10(12-8)9-5-3-2-4-6-9/h2-6H,1,7H2. The maximum absolute atomic E-state index is 5.30. The third-order valence-electron chi connectivity index (χ3n) is 1.66. The van der Waals surface area contributed by atoms with E-state index >= 15 is 0 Å². The Morgan fingerprint density at radius 1 is 1.25 bits per heavy atom. The molecule has 0 aliphatic carbocycles. The van der Waals surface area contributed by atoms with Crippen molar-refractivity contribution in [3.8, 4) is 0 Å². The third kappa shape index (κ3) is 1.23. The number of ether oxygens (including phenoxy) is 1. The molecule has 0 bridgehead atoms. The van der Waals surface area contributed by atoms with Crippen LogP contribution in [0.2, 0.25) is 0 Å². The van der Waals surface area contributed by atoms with Gasteiger partial charge in [-0.2, -0.15) is 0 Å². The Labute approximate surface area is 71.2 Å². The van der Waals surface area contributed by atoms with Gasteiger partial charge < -0.3 is 4.74 Å². The summed E-state index contributed by atoms with van der Waals surface area (Å²) in [5.74, 6) is 1.40. The Hall–Kier alpha value is -1.57. The summed E-state index contributed by atoms with van der Waals surface area (Å²) < 4.78 is 5.30. The zero-order valence-corrected chi connectivity index (χ0v) is 6.66. The molecule has 0 saturated heterocycles. The second-order valence-corrected chi connectivity index (χ2v) is 2.63. The van der Waals surface area contributed by atoms with Crippen LogP contribution in [0.15, 0.2) is 47.7 Å². The fraction of sp³-hybridized carbons (Fsp3) is 0.100. The first-order valence-electron chi connectivity index (χ1n) is 3.82. The summed E-state index contributed by atoms with van der Waals surface area (Å²) in [6.45, 7) is 4.28. The first kappa shape index (κ1) is 7.10. The topological polar surface area (TPSA) is 21.6 Å². The van der Waals surface area contributed by atoms with Crippen LogP contribution in [0.1, 0.15) is 5.56 Å². The van der Waals surface area contributed by atoms with Crippen LogP contribution in [0.5, 0.6) is 0 Å². The molecule has 1 aliphatic rings. The monoisotopic (exact) mass is 159 g/mol. The molecule has 0 N–H and O–H groups in total. The average Bonchev–Trinajstić information content (AvgIpc) is 2.54. The highest BCUT2D eigenvalue weighted by atomic mass is 16.5. The summed E-state index contributed by atoms with van der Waals surface area (Å²) in [5, 5.41) is 0. The molecule has 0 unspecified atom stereocenters. The summed E-state index contributed by atoms with van der Waals surface area (Å²) in [6.07, 6.45) is 0. The van der Waals surface area contributed by atoms with E-state index in [1.807, 2.05) is 30.3 Å². The molecular weight excluding hydrogens is 150 g/mol. The van der Waals surface area contributed by atoms with E-state index in [9.17, 15) is 0 Å².